The molecule has 2 aromatic carbocycles. The molecule has 1 atom stereocenters. The molecule has 0 bridgehead atoms. The van der Waals surface area contributed by atoms with Gasteiger partial charge in [-0.25, -0.2) is 27.2 Å². The van der Waals surface area contributed by atoms with Gasteiger partial charge in [0.05, 0.1) is 16.5 Å². The van der Waals surface area contributed by atoms with Crippen molar-refractivity contribution in [3.05, 3.63) is 59.9 Å². The number of hydrogen-bond donors (Lipinski definition) is 1. The van der Waals surface area contributed by atoms with E-state index in [0.717, 1.165) is 12.3 Å². The SMILES string of the molecule is CC(Nc1ncnc2ccc(S(C)(=O)=O)cc12)c1ccc(F)cc1F. The van der Waals surface area contributed by atoms with Gasteiger partial charge in [-0.1, -0.05) is 6.07 Å². The highest BCUT2D eigenvalue weighted by Gasteiger charge is 2.15. The first-order valence-electron chi connectivity index (χ1n) is 7.42. The molecule has 1 unspecified atom stereocenters. The van der Waals surface area contributed by atoms with E-state index in [1.807, 2.05) is 0 Å². The topological polar surface area (TPSA) is 72.0 Å². The summed E-state index contributed by atoms with van der Waals surface area (Å²) in [6.07, 6.45) is 2.44. The van der Waals surface area contributed by atoms with Crippen LogP contribution in [-0.4, -0.2) is 24.6 Å². The number of rotatable bonds is 4. The molecule has 8 heteroatoms. The molecule has 3 aromatic rings. The Hall–Kier alpha value is -2.61. The lowest BCUT2D eigenvalue weighted by molar-refractivity contribution is 0.566. The second-order valence-corrected chi connectivity index (χ2v) is 7.72. The number of anilines is 1. The largest absolute Gasteiger partial charge is 0.363 e. The third-order valence-electron chi connectivity index (χ3n) is 3.82. The summed E-state index contributed by atoms with van der Waals surface area (Å²) in [4.78, 5) is 8.37. The zero-order valence-electron chi connectivity index (χ0n) is 13.5. The number of fused-ring (bicyclic) bond motifs is 1. The number of halogens is 2. The highest BCUT2D eigenvalue weighted by atomic mass is 32.2. The lowest BCUT2D eigenvalue weighted by Gasteiger charge is -2.17. The normalized spacial score (nSPS) is 13.0. The van der Waals surface area contributed by atoms with Gasteiger partial charge in [-0.15, -0.1) is 0 Å². The monoisotopic (exact) mass is 363 g/mol. The molecule has 0 aliphatic rings. The van der Waals surface area contributed by atoms with E-state index in [-0.39, 0.29) is 10.5 Å². The van der Waals surface area contributed by atoms with Gasteiger partial charge in [0, 0.05) is 23.3 Å². The van der Waals surface area contributed by atoms with E-state index in [4.69, 9.17) is 0 Å². The summed E-state index contributed by atoms with van der Waals surface area (Å²) in [7, 11) is -3.39. The number of benzene rings is 2. The molecule has 0 fully saturated rings. The predicted octanol–water partition coefficient (Wildman–Crippen LogP) is 3.48. The molecule has 1 aromatic heterocycles. The maximum absolute atomic E-state index is 13.9. The van der Waals surface area contributed by atoms with Crippen LogP contribution in [0.3, 0.4) is 0 Å². The van der Waals surface area contributed by atoms with E-state index < -0.39 is 27.5 Å². The van der Waals surface area contributed by atoms with Gasteiger partial charge in [-0.05, 0) is 31.2 Å². The summed E-state index contributed by atoms with van der Waals surface area (Å²) in [5.74, 6) is -0.958. The van der Waals surface area contributed by atoms with Gasteiger partial charge in [-0.2, -0.15) is 0 Å². The van der Waals surface area contributed by atoms with Crippen LogP contribution in [0, 0.1) is 11.6 Å². The van der Waals surface area contributed by atoms with Gasteiger partial charge in [-0.3, -0.25) is 0 Å². The van der Waals surface area contributed by atoms with E-state index in [1.165, 1.54) is 30.6 Å². The van der Waals surface area contributed by atoms with Gasteiger partial charge in [0.15, 0.2) is 9.84 Å². The Labute approximate surface area is 143 Å². The third-order valence-corrected chi connectivity index (χ3v) is 4.93. The Kier molecular flexibility index (Phi) is 4.38. The Morgan fingerprint density at radius 2 is 1.84 bits per heavy atom. The summed E-state index contributed by atoms with van der Waals surface area (Å²) in [6.45, 7) is 1.70. The van der Waals surface area contributed by atoms with Crippen LogP contribution < -0.4 is 5.32 Å². The van der Waals surface area contributed by atoms with E-state index in [1.54, 1.807) is 13.0 Å². The summed E-state index contributed by atoms with van der Waals surface area (Å²) < 4.78 is 50.5. The van der Waals surface area contributed by atoms with E-state index in [0.29, 0.717) is 16.7 Å². The van der Waals surface area contributed by atoms with Crippen LogP contribution in [-0.2, 0) is 9.84 Å². The Morgan fingerprint density at radius 3 is 2.52 bits per heavy atom. The van der Waals surface area contributed by atoms with Crippen molar-refractivity contribution < 1.29 is 17.2 Å². The van der Waals surface area contributed by atoms with Crippen molar-refractivity contribution in [1.82, 2.24) is 9.97 Å². The molecule has 5 nitrogen and oxygen atoms in total. The molecule has 25 heavy (non-hydrogen) atoms. The van der Waals surface area contributed by atoms with Crippen LogP contribution in [0.1, 0.15) is 18.5 Å². The van der Waals surface area contributed by atoms with Crippen LogP contribution in [0.5, 0.6) is 0 Å². The Morgan fingerprint density at radius 1 is 1.08 bits per heavy atom. The highest BCUT2D eigenvalue weighted by molar-refractivity contribution is 7.90. The third kappa shape index (κ3) is 3.58. The predicted molar refractivity (Wildman–Crippen MR) is 91.0 cm³/mol. The lowest BCUT2D eigenvalue weighted by Crippen LogP contribution is -2.11. The van der Waals surface area contributed by atoms with Gasteiger partial charge >= 0.3 is 0 Å². The molecular formula is C17H15F2N3O2S. The zero-order valence-corrected chi connectivity index (χ0v) is 14.3. The van der Waals surface area contributed by atoms with E-state index in [9.17, 15) is 17.2 Å². The first kappa shape index (κ1) is 17.2. The molecule has 0 saturated heterocycles. The van der Waals surface area contributed by atoms with Crippen molar-refractivity contribution >= 4 is 26.6 Å². The summed E-state index contributed by atoms with van der Waals surface area (Å²) in [6, 6.07) is 7.36. The highest BCUT2D eigenvalue weighted by Crippen LogP contribution is 2.27. The quantitative estimate of drug-likeness (QED) is 0.768. The number of aromatic nitrogens is 2. The molecule has 3 rings (SSSR count). The van der Waals surface area contributed by atoms with Crippen molar-refractivity contribution in [3.8, 4) is 0 Å². The van der Waals surface area contributed by atoms with Crippen LogP contribution in [0.15, 0.2) is 47.6 Å². The number of nitrogens with zero attached hydrogens (tertiary/aromatic N) is 2. The first-order valence-corrected chi connectivity index (χ1v) is 9.31. The molecular weight excluding hydrogens is 348 g/mol. The zero-order chi connectivity index (χ0) is 18.2. The fraction of sp³-hybridized carbons (Fsp3) is 0.176. The minimum absolute atomic E-state index is 0.137. The molecule has 0 amide bonds. The average molecular weight is 363 g/mol. The number of sulfone groups is 1. The molecule has 1 heterocycles. The fourth-order valence-corrected chi connectivity index (χ4v) is 3.16. The molecule has 0 spiro atoms. The van der Waals surface area contributed by atoms with Crippen LogP contribution >= 0.6 is 0 Å². The van der Waals surface area contributed by atoms with Crippen molar-refractivity contribution in [2.45, 2.75) is 17.9 Å². The second-order valence-electron chi connectivity index (χ2n) is 5.71. The van der Waals surface area contributed by atoms with Crippen molar-refractivity contribution in [3.63, 3.8) is 0 Å². The van der Waals surface area contributed by atoms with Gasteiger partial charge in [0.25, 0.3) is 0 Å². The van der Waals surface area contributed by atoms with Crippen molar-refractivity contribution in [2.24, 2.45) is 0 Å². The number of hydrogen-bond acceptors (Lipinski definition) is 5. The first-order chi connectivity index (χ1) is 11.8. The van der Waals surface area contributed by atoms with Crippen LogP contribution in [0.25, 0.3) is 10.9 Å². The molecule has 0 radical (unpaired) electrons. The molecule has 1 N–H and O–H groups in total. The summed E-state index contributed by atoms with van der Waals surface area (Å²) in [5.41, 5.74) is 0.823. The van der Waals surface area contributed by atoms with Crippen LogP contribution in [0.4, 0.5) is 14.6 Å². The van der Waals surface area contributed by atoms with E-state index in [2.05, 4.69) is 15.3 Å². The average Bonchev–Trinajstić information content (AvgIpc) is 2.53. The Bertz CT molecular complexity index is 1050. The molecule has 130 valence electrons. The molecule has 0 saturated carbocycles. The van der Waals surface area contributed by atoms with E-state index >= 15 is 0 Å². The van der Waals surface area contributed by atoms with Gasteiger partial charge in [0.1, 0.15) is 23.8 Å². The fourth-order valence-electron chi connectivity index (χ4n) is 2.52. The van der Waals surface area contributed by atoms with Crippen LogP contribution in [0.2, 0.25) is 0 Å². The lowest BCUT2D eigenvalue weighted by atomic mass is 10.1. The standard InChI is InChI=1S/C17H15F2N3O2S/c1-10(13-5-3-11(18)7-15(13)19)22-17-14-8-12(25(2,23)24)4-6-16(14)20-9-21-17/h3-10H,1-2H3,(H,20,21,22). The second kappa shape index (κ2) is 6.36. The minimum atomic E-state index is -3.39. The maximum Gasteiger partial charge on any atom is 0.175 e. The summed E-state index contributed by atoms with van der Waals surface area (Å²) in [5, 5.41) is 3.53. The number of nitrogens with one attached hydrogen (secondary N) is 1. The maximum atomic E-state index is 13.9. The van der Waals surface area contributed by atoms with Crippen molar-refractivity contribution in [1.29, 1.82) is 0 Å². The summed E-state index contributed by atoms with van der Waals surface area (Å²) >= 11 is 0. The smallest absolute Gasteiger partial charge is 0.175 e. The van der Waals surface area contributed by atoms with Gasteiger partial charge in [0.2, 0.25) is 0 Å². The Balaban J connectivity index is 2.03. The molecule has 0 aliphatic heterocycles. The van der Waals surface area contributed by atoms with Gasteiger partial charge < -0.3 is 5.32 Å². The minimum Gasteiger partial charge on any atom is -0.363 e. The molecule has 0 aliphatic carbocycles. The van der Waals surface area contributed by atoms with Crippen molar-refractivity contribution in [2.75, 3.05) is 11.6 Å².